The summed E-state index contributed by atoms with van der Waals surface area (Å²) in [5.74, 6) is -1.14. The number of anilines is 1. The summed E-state index contributed by atoms with van der Waals surface area (Å²) in [7, 11) is 0. The number of nitro groups is 1. The first-order chi connectivity index (χ1) is 12.7. The number of carbonyl (C=O) groups is 2. The first-order valence-corrected chi connectivity index (χ1v) is 8.76. The summed E-state index contributed by atoms with van der Waals surface area (Å²) in [4.78, 5) is 35.3. The molecule has 2 N–H and O–H groups in total. The fraction of sp³-hybridized carbons (Fsp3) is 0.222. The van der Waals surface area contributed by atoms with Crippen molar-refractivity contribution < 1.29 is 14.5 Å². The molecule has 2 aromatic rings. The molecule has 0 saturated carbocycles. The molecule has 0 bridgehead atoms. The lowest BCUT2D eigenvalue weighted by atomic mass is 10.0. The summed E-state index contributed by atoms with van der Waals surface area (Å²) in [6.45, 7) is 3.55. The minimum Gasteiger partial charge on any atom is -0.340 e. The molecule has 2 aromatic carbocycles. The Bertz CT molecular complexity index is 869. The van der Waals surface area contributed by atoms with Crippen molar-refractivity contribution in [2.75, 3.05) is 5.32 Å². The zero-order chi connectivity index (χ0) is 20.1. The number of nitrogens with zero attached hydrogens (tertiary/aromatic N) is 1. The Balaban J connectivity index is 2.15. The first kappa shape index (κ1) is 20.7. The first-order valence-electron chi connectivity index (χ1n) is 8.00. The van der Waals surface area contributed by atoms with E-state index in [9.17, 15) is 19.7 Å². The molecule has 0 aromatic heterocycles. The molecular formula is C18H17Cl2N3O4. The van der Waals surface area contributed by atoms with Crippen LogP contribution >= 0.6 is 23.2 Å². The third-order valence-corrected chi connectivity index (χ3v) is 4.32. The second-order valence-electron chi connectivity index (χ2n) is 6.11. The number of nitro benzene ring substituents is 1. The van der Waals surface area contributed by atoms with E-state index in [1.807, 2.05) is 0 Å². The molecule has 27 heavy (non-hydrogen) atoms. The van der Waals surface area contributed by atoms with Gasteiger partial charge in [0.25, 0.3) is 11.6 Å². The molecule has 0 aliphatic carbocycles. The molecule has 1 atom stereocenters. The Labute approximate surface area is 165 Å². The van der Waals surface area contributed by atoms with Gasteiger partial charge in [0.05, 0.1) is 4.92 Å². The molecule has 0 spiro atoms. The molecule has 2 amide bonds. The monoisotopic (exact) mass is 409 g/mol. The summed E-state index contributed by atoms with van der Waals surface area (Å²) in [6, 6.07) is 9.35. The SMILES string of the molecule is CC(C)[C@H](NC(=O)c1ccc(Cl)cc1)C(=O)Nc1ccc(Cl)c([N+](=O)[O-])c1. The summed E-state index contributed by atoms with van der Waals surface area (Å²) in [5.41, 5.74) is 0.253. The molecular weight excluding hydrogens is 393 g/mol. The highest BCUT2D eigenvalue weighted by atomic mass is 35.5. The lowest BCUT2D eigenvalue weighted by Gasteiger charge is -2.21. The van der Waals surface area contributed by atoms with Crippen LogP contribution in [0.1, 0.15) is 24.2 Å². The fourth-order valence-electron chi connectivity index (χ4n) is 2.31. The number of rotatable bonds is 6. The Hall–Kier alpha value is -2.64. The zero-order valence-electron chi connectivity index (χ0n) is 14.5. The highest BCUT2D eigenvalue weighted by Crippen LogP contribution is 2.27. The second-order valence-corrected chi connectivity index (χ2v) is 6.96. The van der Waals surface area contributed by atoms with Crippen molar-refractivity contribution in [1.29, 1.82) is 0 Å². The molecule has 0 fully saturated rings. The van der Waals surface area contributed by atoms with Crippen LogP contribution in [-0.4, -0.2) is 22.8 Å². The number of amides is 2. The van der Waals surface area contributed by atoms with Crippen molar-refractivity contribution in [3.8, 4) is 0 Å². The summed E-state index contributed by atoms with van der Waals surface area (Å²) in [6.07, 6.45) is 0. The van der Waals surface area contributed by atoms with Gasteiger partial charge in [0.2, 0.25) is 5.91 Å². The van der Waals surface area contributed by atoms with Crippen molar-refractivity contribution in [3.63, 3.8) is 0 Å². The van der Waals surface area contributed by atoms with E-state index in [2.05, 4.69) is 10.6 Å². The van der Waals surface area contributed by atoms with Crippen LogP contribution < -0.4 is 10.6 Å². The van der Waals surface area contributed by atoms with Crippen LogP contribution in [0.3, 0.4) is 0 Å². The predicted octanol–water partition coefficient (Wildman–Crippen LogP) is 4.29. The van der Waals surface area contributed by atoms with Gasteiger partial charge in [0.1, 0.15) is 11.1 Å². The van der Waals surface area contributed by atoms with Crippen molar-refractivity contribution in [3.05, 3.63) is 68.2 Å². The van der Waals surface area contributed by atoms with Crippen LogP contribution in [0, 0.1) is 16.0 Å². The maximum atomic E-state index is 12.6. The van der Waals surface area contributed by atoms with E-state index in [1.165, 1.54) is 18.2 Å². The van der Waals surface area contributed by atoms with Gasteiger partial charge in [-0.05, 0) is 42.3 Å². The number of nitrogens with one attached hydrogen (secondary N) is 2. The van der Waals surface area contributed by atoms with E-state index in [1.54, 1.807) is 38.1 Å². The molecule has 142 valence electrons. The van der Waals surface area contributed by atoms with Crippen LogP contribution in [0.2, 0.25) is 10.0 Å². The van der Waals surface area contributed by atoms with Gasteiger partial charge < -0.3 is 10.6 Å². The average Bonchev–Trinajstić information content (AvgIpc) is 2.61. The Morgan fingerprint density at radius 1 is 1.07 bits per heavy atom. The molecule has 9 heteroatoms. The quantitative estimate of drug-likeness (QED) is 0.548. The normalized spacial score (nSPS) is 11.7. The van der Waals surface area contributed by atoms with Crippen LogP contribution in [-0.2, 0) is 4.79 Å². The van der Waals surface area contributed by atoms with Crippen molar-refractivity contribution in [2.24, 2.45) is 5.92 Å². The van der Waals surface area contributed by atoms with E-state index in [0.717, 1.165) is 0 Å². The Morgan fingerprint density at radius 2 is 1.70 bits per heavy atom. The summed E-state index contributed by atoms with van der Waals surface area (Å²) >= 11 is 11.6. The molecule has 0 heterocycles. The van der Waals surface area contributed by atoms with E-state index < -0.39 is 22.8 Å². The molecule has 0 saturated heterocycles. The van der Waals surface area contributed by atoms with E-state index in [-0.39, 0.29) is 22.3 Å². The molecule has 0 unspecified atom stereocenters. The highest BCUT2D eigenvalue weighted by Gasteiger charge is 2.25. The minimum absolute atomic E-state index is 0.0329. The topological polar surface area (TPSA) is 101 Å². The van der Waals surface area contributed by atoms with E-state index in [0.29, 0.717) is 10.6 Å². The highest BCUT2D eigenvalue weighted by molar-refractivity contribution is 6.32. The smallest absolute Gasteiger partial charge is 0.289 e. The largest absolute Gasteiger partial charge is 0.340 e. The number of halogens is 2. The number of hydrogen-bond acceptors (Lipinski definition) is 4. The lowest BCUT2D eigenvalue weighted by Crippen LogP contribution is -2.47. The lowest BCUT2D eigenvalue weighted by molar-refractivity contribution is -0.384. The van der Waals surface area contributed by atoms with E-state index in [4.69, 9.17) is 23.2 Å². The summed E-state index contributed by atoms with van der Waals surface area (Å²) < 4.78 is 0. The third-order valence-electron chi connectivity index (χ3n) is 3.75. The fourth-order valence-corrected chi connectivity index (χ4v) is 2.62. The maximum absolute atomic E-state index is 12.6. The Kier molecular flexibility index (Phi) is 6.76. The van der Waals surface area contributed by atoms with Gasteiger partial charge >= 0.3 is 0 Å². The molecule has 0 radical (unpaired) electrons. The van der Waals surface area contributed by atoms with Gasteiger partial charge in [-0.3, -0.25) is 19.7 Å². The van der Waals surface area contributed by atoms with E-state index >= 15 is 0 Å². The van der Waals surface area contributed by atoms with Gasteiger partial charge in [-0.2, -0.15) is 0 Å². The molecule has 7 nitrogen and oxygen atoms in total. The average molecular weight is 410 g/mol. The van der Waals surface area contributed by atoms with Gasteiger partial charge in [-0.25, -0.2) is 0 Å². The number of hydrogen-bond donors (Lipinski definition) is 2. The van der Waals surface area contributed by atoms with Crippen molar-refractivity contribution in [2.45, 2.75) is 19.9 Å². The van der Waals surface area contributed by atoms with Crippen molar-refractivity contribution >= 4 is 46.4 Å². The second kappa shape index (κ2) is 8.83. The standard InChI is InChI=1S/C18H17Cl2N3O4/c1-10(2)16(22-17(24)11-3-5-12(19)6-4-11)18(25)21-13-7-8-14(20)15(9-13)23(26)27/h3-10,16H,1-2H3,(H,21,25)(H,22,24)/t16-/m0/s1. The summed E-state index contributed by atoms with van der Waals surface area (Å²) in [5, 5.41) is 16.7. The van der Waals surface area contributed by atoms with Crippen LogP contribution in [0.25, 0.3) is 0 Å². The van der Waals surface area contributed by atoms with Gasteiger partial charge in [0.15, 0.2) is 0 Å². The van der Waals surface area contributed by atoms with Gasteiger partial charge in [-0.15, -0.1) is 0 Å². The molecule has 0 aliphatic rings. The molecule has 2 rings (SSSR count). The van der Waals surface area contributed by atoms with Gasteiger partial charge in [-0.1, -0.05) is 37.0 Å². The van der Waals surface area contributed by atoms with Crippen LogP contribution in [0.5, 0.6) is 0 Å². The number of benzene rings is 2. The van der Waals surface area contributed by atoms with Crippen molar-refractivity contribution in [1.82, 2.24) is 5.32 Å². The van der Waals surface area contributed by atoms with Crippen LogP contribution in [0.15, 0.2) is 42.5 Å². The van der Waals surface area contributed by atoms with Crippen LogP contribution in [0.4, 0.5) is 11.4 Å². The Morgan fingerprint density at radius 3 is 2.26 bits per heavy atom. The van der Waals surface area contributed by atoms with Gasteiger partial charge in [0, 0.05) is 22.3 Å². The molecule has 0 aliphatic heterocycles. The minimum atomic E-state index is -0.845. The maximum Gasteiger partial charge on any atom is 0.289 e. The zero-order valence-corrected chi connectivity index (χ0v) is 16.0. The third kappa shape index (κ3) is 5.42. The predicted molar refractivity (Wildman–Crippen MR) is 104 cm³/mol. The number of carbonyl (C=O) groups excluding carboxylic acids is 2.